The molecule has 3 N–H and O–H groups in total. The topological polar surface area (TPSA) is 55.1 Å². The minimum Gasteiger partial charge on any atom is -0.354 e. The maximum Gasteiger partial charge on any atom is 0.236 e. The third kappa shape index (κ3) is 3.82. The van der Waals surface area contributed by atoms with E-state index in [-0.39, 0.29) is 11.9 Å². The molecule has 0 heterocycles. The van der Waals surface area contributed by atoms with Gasteiger partial charge in [-0.2, -0.15) is 0 Å². The SMILES string of the molecule is CCC(N)C(=O)NCC1CCCCC1C. The van der Waals surface area contributed by atoms with Gasteiger partial charge in [-0.3, -0.25) is 4.79 Å². The van der Waals surface area contributed by atoms with Crippen molar-refractivity contribution in [2.45, 2.75) is 52.0 Å². The maximum atomic E-state index is 11.5. The Morgan fingerprint density at radius 3 is 2.73 bits per heavy atom. The van der Waals surface area contributed by atoms with Crippen molar-refractivity contribution in [1.82, 2.24) is 5.32 Å². The van der Waals surface area contributed by atoms with Crippen LogP contribution in [0, 0.1) is 11.8 Å². The molecule has 3 unspecified atom stereocenters. The first-order valence-corrected chi connectivity index (χ1v) is 6.18. The lowest BCUT2D eigenvalue weighted by molar-refractivity contribution is -0.122. The maximum absolute atomic E-state index is 11.5. The Morgan fingerprint density at radius 1 is 1.47 bits per heavy atom. The molecule has 1 aliphatic rings. The zero-order chi connectivity index (χ0) is 11.3. The monoisotopic (exact) mass is 212 g/mol. The Morgan fingerprint density at radius 2 is 2.13 bits per heavy atom. The van der Waals surface area contributed by atoms with E-state index < -0.39 is 0 Å². The van der Waals surface area contributed by atoms with E-state index in [0.29, 0.717) is 12.3 Å². The lowest BCUT2D eigenvalue weighted by atomic mass is 9.80. The quantitative estimate of drug-likeness (QED) is 0.744. The summed E-state index contributed by atoms with van der Waals surface area (Å²) in [6, 6.07) is -0.330. The largest absolute Gasteiger partial charge is 0.354 e. The predicted molar refractivity (Wildman–Crippen MR) is 62.4 cm³/mol. The molecular weight excluding hydrogens is 188 g/mol. The zero-order valence-corrected chi connectivity index (χ0v) is 9.96. The lowest BCUT2D eigenvalue weighted by Gasteiger charge is -2.29. The van der Waals surface area contributed by atoms with E-state index in [1.54, 1.807) is 0 Å². The Bertz CT molecular complexity index is 206. The highest BCUT2D eigenvalue weighted by Crippen LogP contribution is 2.28. The van der Waals surface area contributed by atoms with E-state index in [9.17, 15) is 4.79 Å². The second-order valence-electron chi connectivity index (χ2n) is 4.78. The minimum atomic E-state index is -0.330. The van der Waals surface area contributed by atoms with Crippen LogP contribution in [0.2, 0.25) is 0 Å². The number of nitrogens with one attached hydrogen (secondary N) is 1. The molecule has 0 aromatic carbocycles. The smallest absolute Gasteiger partial charge is 0.236 e. The number of rotatable bonds is 4. The van der Waals surface area contributed by atoms with Gasteiger partial charge in [-0.1, -0.05) is 33.1 Å². The Hall–Kier alpha value is -0.570. The molecule has 1 fully saturated rings. The van der Waals surface area contributed by atoms with Crippen molar-refractivity contribution in [1.29, 1.82) is 0 Å². The van der Waals surface area contributed by atoms with Crippen LogP contribution in [0.15, 0.2) is 0 Å². The van der Waals surface area contributed by atoms with Crippen LogP contribution >= 0.6 is 0 Å². The molecule has 1 amide bonds. The van der Waals surface area contributed by atoms with E-state index >= 15 is 0 Å². The highest BCUT2D eigenvalue weighted by molar-refractivity contribution is 5.81. The molecule has 3 nitrogen and oxygen atoms in total. The molecule has 0 radical (unpaired) electrons. The van der Waals surface area contributed by atoms with Crippen molar-refractivity contribution < 1.29 is 4.79 Å². The van der Waals surface area contributed by atoms with E-state index in [1.807, 2.05) is 6.92 Å². The first-order chi connectivity index (χ1) is 7.15. The molecule has 0 aromatic heterocycles. The fourth-order valence-electron chi connectivity index (χ4n) is 2.24. The van der Waals surface area contributed by atoms with Gasteiger partial charge in [-0.05, 0) is 24.7 Å². The fraction of sp³-hybridized carbons (Fsp3) is 0.917. The van der Waals surface area contributed by atoms with Gasteiger partial charge in [-0.15, -0.1) is 0 Å². The van der Waals surface area contributed by atoms with Crippen molar-refractivity contribution in [2.75, 3.05) is 6.54 Å². The Labute approximate surface area is 92.8 Å². The van der Waals surface area contributed by atoms with Crippen LogP contribution in [0.1, 0.15) is 46.0 Å². The number of carbonyl (C=O) groups is 1. The molecule has 0 bridgehead atoms. The summed E-state index contributed by atoms with van der Waals surface area (Å²) in [4.78, 5) is 11.5. The van der Waals surface area contributed by atoms with Crippen LogP contribution in [0.3, 0.4) is 0 Å². The summed E-state index contributed by atoms with van der Waals surface area (Å²) in [5.41, 5.74) is 5.65. The van der Waals surface area contributed by atoms with Gasteiger partial charge in [0.2, 0.25) is 5.91 Å². The van der Waals surface area contributed by atoms with Crippen LogP contribution in [0.5, 0.6) is 0 Å². The third-order valence-electron chi connectivity index (χ3n) is 3.60. The molecule has 0 saturated heterocycles. The summed E-state index contributed by atoms with van der Waals surface area (Å²) in [7, 11) is 0. The third-order valence-corrected chi connectivity index (χ3v) is 3.60. The number of carbonyl (C=O) groups excluding carboxylic acids is 1. The molecule has 1 rings (SSSR count). The van der Waals surface area contributed by atoms with Gasteiger partial charge in [0, 0.05) is 6.54 Å². The van der Waals surface area contributed by atoms with Crippen molar-refractivity contribution in [3.8, 4) is 0 Å². The standard InChI is InChI=1S/C12H24N2O/c1-3-11(13)12(15)14-8-10-7-5-4-6-9(10)2/h9-11H,3-8,13H2,1-2H3,(H,14,15). The lowest BCUT2D eigenvalue weighted by Crippen LogP contribution is -2.43. The predicted octanol–water partition coefficient (Wildman–Crippen LogP) is 1.67. The summed E-state index contributed by atoms with van der Waals surface area (Å²) in [6.07, 6.45) is 5.93. The molecule has 15 heavy (non-hydrogen) atoms. The average molecular weight is 212 g/mol. The summed E-state index contributed by atoms with van der Waals surface area (Å²) in [5, 5.41) is 2.97. The average Bonchev–Trinajstić information content (AvgIpc) is 2.26. The normalized spacial score (nSPS) is 28.5. The van der Waals surface area contributed by atoms with Gasteiger partial charge in [0.05, 0.1) is 6.04 Å². The van der Waals surface area contributed by atoms with Gasteiger partial charge in [0.1, 0.15) is 0 Å². The van der Waals surface area contributed by atoms with Crippen LogP contribution in [-0.2, 0) is 4.79 Å². The summed E-state index contributed by atoms with van der Waals surface area (Å²) >= 11 is 0. The molecule has 88 valence electrons. The highest BCUT2D eigenvalue weighted by Gasteiger charge is 2.22. The molecule has 3 atom stereocenters. The van der Waals surface area contributed by atoms with E-state index in [1.165, 1.54) is 25.7 Å². The first-order valence-electron chi connectivity index (χ1n) is 6.18. The number of amides is 1. The van der Waals surface area contributed by atoms with Crippen LogP contribution in [0.25, 0.3) is 0 Å². The molecule has 1 aliphatic carbocycles. The second kappa shape index (κ2) is 6.11. The highest BCUT2D eigenvalue weighted by atomic mass is 16.2. The Kier molecular flexibility index (Phi) is 5.09. The van der Waals surface area contributed by atoms with Crippen molar-refractivity contribution in [2.24, 2.45) is 17.6 Å². The zero-order valence-electron chi connectivity index (χ0n) is 9.96. The van der Waals surface area contributed by atoms with Crippen molar-refractivity contribution >= 4 is 5.91 Å². The van der Waals surface area contributed by atoms with Crippen LogP contribution in [0.4, 0.5) is 0 Å². The molecule has 0 aliphatic heterocycles. The van der Waals surface area contributed by atoms with Gasteiger partial charge in [0.15, 0.2) is 0 Å². The van der Waals surface area contributed by atoms with E-state index in [2.05, 4.69) is 12.2 Å². The minimum absolute atomic E-state index is 0.00951. The van der Waals surface area contributed by atoms with Gasteiger partial charge in [0.25, 0.3) is 0 Å². The first kappa shape index (κ1) is 12.5. The molecular formula is C12H24N2O. The van der Waals surface area contributed by atoms with Crippen molar-refractivity contribution in [3.63, 3.8) is 0 Å². The number of nitrogens with two attached hydrogens (primary N) is 1. The fourth-order valence-corrected chi connectivity index (χ4v) is 2.24. The van der Waals surface area contributed by atoms with Crippen LogP contribution in [-0.4, -0.2) is 18.5 Å². The van der Waals surface area contributed by atoms with E-state index in [4.69, 9.17) is 5.73 Å². The van der Waals surface area contributed by atoms with Crippen LogP contribution < -0.4 is 11.1 Å². The van der Waals surface area contributed by atoms with Crippen molar-refractivity contribution in [3.05, 3.63) is 0 Å². The second-order valence-corrected chi connectivity index (χ2v) is 4.78. The summed E-state index contributed by atoms with van der Waals surface area (Å²) < 4.78 is 0. The summed E-state index contributed by atoms with van der Waals surface area (Å²) in [5.74, 6) is 1.42. The molecule has 3 heteroatoms. The van der Waals surface area contributed by atoms with Gasteiger partial charge < -0.3 is 11.1 Å². The molecule has 1 saturated carbocycles. The van der Waals surface area contributed by atoms with Gasteiger partial charge in [-0.25, -0.2) is 0 Å². The number of hydrogen-bond donors (Lipinski definition) is 2. The summed E-state index contributed by atoms with van der Waals surface area (Å²) in [6.45, 7) is 5.04. The molecule has 0 spiro atoms. The van der Waals surface area contributed by atoms with Gasteiger partial charge >= 0.3 is 0 Å². The number of hydrogen-bond acceptors (Lipinski definition) is 2. The van der Waals surface area contributed by atoms with E-state index in [0.717, 1.165) is 12.5 Å². The molecule has 0 aromatic rings. The Balaban J connectivity index is 2.26.